The summed E-state index contributed by atoms with van der Waals surface area (Å²) in [7, 11) is 1.49. The highest BCUT2D eigenvalue weighted by atomic mass is 32.2. The van der Waals surface area contributed by atoms with E-state index in [-0.39, 0.29) is 0 Å². The predicted molar refractivity (Wildman–Crippen MR) is 47.0 cm³/mol. The van der Waals surface area contributed by atoms with Gasteiger partial charge in [-0.05, 0) is 18.4 Å². The van der Waals surface area contributed by atoms with Crippen molar-refractivity contribution in [1.82, 2.24) is 5.32 Å². The van der Waals surface area contributed by atoms with Gasteiger partial charge in [0.1, 0.15) is 0 Å². The zero-order chi connectivity index (χ0) is 8.53. The molecule has 0 aliphatic heterocycles. The van der Waals surface area contributed by atoms with Crippen molar-refractivity contribution in [1.29, 1.82) is 0 Å². The number of thioether (sulfide) groups is 1. The highest BCUT2D eigenvalue weighted by Gasteiger charge is 1.91. The lowest BCUT2D eigenvalue weighted by Crippen LogP contribution is -2.16. The maximum Gasteiger partial charge on any atom is 0.433 e. The topological polar surface area (TPSA) is 50.7 Å². The van der Waals surface area contributed by atoms with Crippen LogP contribution in [0.25, 0.3) is 0 Å². The minimum Gasteiger partial charge on any atom is -0.323 e. The summed E-state index contributed by atoms with van der Waals surface area (Å²) >= 11 is 1.72. The molecule has 0 bridgehead atoms. The number of oxime groups is 1. The van der Waals surface area contributed by atoms with E-state index in [9.17, 15) is 4.79 Å². The molecule has 0 rings (SSSR count). The van der Waals surface area contributed by atoms with E-state index in [1.54, 1.807) is 18.0 Å². The quantitative estimate of drug-likeness (QED) is 0.302. The highest BCUT2D eigenvalue weighted by molar-refractivity contribution is 7.98. The Bertz CT molecular complexity index is 139. The first kappa shape index (κ1) is 10.3. The summed E-state index contributed by atoms with van der Waals surface area (Å²) in [6.45, 7) is 0. The van der Waals surface area contributed by atoms with Crippen molar-refractivity contribution in [2.24, 2.45) is 5.16 Å². The normalized spacial score (nSPS) is 10.0. The van der Waals surface area contributed by atoms with Crippen molar-refractivity contribution < 1.29 is 9.63 Å². The first-order valence-electron chi connectivity index (χ1n) is 3.20. The Morgan fingerprint density at radius 2 is 2.55 bits per heavy atom. The highest BCUT2D eigenvalue weighted by Crippen LogP contribution is 1.92. The third kappa shape index (κ3) is 7.18. The average Bonchev–Trinajstić information content (AvgIpc) is 2.04. The number of rotatable bonds is 4. The maximum absolute atomic E-state index is 10.4. The van der Waals surface area contributed by atoms with Crippen molar-refractivity contribution in [3.63, 3.8) is 0 Å². The van der Waals surface area contributed by atoms with Crippen LogP contribution in [0.2, 0.25) is 0 Å². The Balaban J connectivity index is 3.22. The fourth-order valence-electron chi connectivity index (χ4n) is 0.354. The molecular formula is C6H12N2O2S. The molecule has 0 atom stereocenters. The van der Waals surface area contributed by atoms with Crippen LogP contribution in [0, 0.1) is 0 Å². The van der Waals surface area contributed by atoms with Gasteiger partial charge in [-0.25, -0.2) is 4.79 Å². The molecule has 0 aromatic rings. The van der Waals surface area contributed by atoms with Crippen molar-refractivity contribution in [3.8, 4) is 0 Å². The number of carbonyl (C=O) groups excluding carboxylic acids is 1. The number of hydrogen-bond donors (Lipinski definition) is 1. The van der Waals surface area contributed by atoms with E-state index in [4.69, 9.17) is 0 Å². The molecule has 0 saturated heterocycles. The van der Waals surface area contributed by atoms with Gasteiger partial charge in [-0.3, -0.25) is 4.84 Å². The van der Waals surface area contributed by atoms with E-state index in [2.05, 4.69) is 15.3 Å². The second-order valence-electron chi connectivity index (χ2n) is 1.70. The van der Waals surface area contributed by atoms with Crippen molar-refractivity contribution in [3.05, 3.63) is 0 Å². The molecule has 0 radical (unpaired) electrons. The summed E-state index contributed by atoms with van der Waals surface area (Å²) in [5.41, 5.74) is 0. The van der Waals surface area contributed by atoms with Crippen LogP contribution >= 0.6 is 11.8 Å². The summed E-state index contributed by atoms with van der Waals surface area (Å²) in [5.74, 6) is 0.987. The number of hydrogen-bond acceptors (Lipinski definition) is 4. The Morgan fingerprint density at radius 1 is 1.82 bits per heavy atom. The van der Waals surface area contributed by atoms with Crippen LogP contribution in [0.5, 0.6) is 0 Å². The van der Waals surface area contributed by atoms with Gasteiger partial charge in [-0.1, -0.05) is 5.16 Å². The zero-order valence-electron chi connectivity index (χ0n) is 6.66. The van der Waals surface area contributed by atoms with Crippen molar-refractivity contribution in [2.45, 2.75) is 6.42 Å². The molecule has 0 aromatic carbocycles. The van der Waals surface area contributed by atoms with Crippen molar-refractivity contribution >= 4 is 24.1 Å². The molecule has 0 unspecified atom stereocenters. The molecule has 0 fully saturated rings. The van der Waals surface area contributed by atoms with E-state index in [0.29, 0.717) is 0 Å². The summed E-state index contributed by atoms with van der Waals surface area (Å²) < 4.78 is 0. The molecule has 4 nitrogen and oxygen atoms in total. The first-order chi connectivity index (χ1) is 5.31. The Hall–Kier alpha value is -0.710. The Labute approximate surface area is 70.4 Å². The van der Waals surface area contributed by atoms with E-state index >= 15 is 0 Å². The van der Waals surface area contributed by atoms with Crippen LogP contribution in [-0.4, -0.2) is 31.4 Å². The van der Waals surface area contributed by atoms with Crippen LogP contribution < -0.4 is 5.32 Å². The predicted octanol–water partition coefficient (Wildman–Crippen LogP) is 1.08. The molecule has 0 aliphatic rings. The van der Waals surface area contributed by atoms with Crippen molar-refractivity contribution in [2.75, 3.05) is 19.1 Å². The summed E-state index contributed by atoms with van der Waals surface area (Å²) in [6, 6.07) is 0. The minimum absolute atomic E-state index is 0.537. The van der Waals surface area contributed by atoms with Crippen LogP contribution in [0.15, 0.2) is 5.16 Å². The summed E-state index contributed by atoms with van der Waals surface area (Å²) in [5, 5.41) is 5.71. The van der Waals surface area contributed by atoms with Crippen LogP contribution in [0.1, 0.15) is 6.42 Å². The zero-order valence-corrected chi connectivity index (χ0v) is 7.48. The van der Waals surface area contributed by atoms with Gasteiger partial charge >= 0.3 is 6.09 Å². The van der Waals surface area contributed by atoms with E-state index in [1.165, 1.54) is 7.05 Å². The third-order valence-corrected chi connectivity index (χ3v) is 1.51. The monoisotopic (exact) mass is 176 g/mol. The number of amides is 1. The van der Waals surface area contributed by atoms with E-state index in [0.717, 1.165) is 12.2 Å². The molecule has 1 N–H and O–H groups in total. The second-order valence-corrected chi connectivity index (χ2v) is 2.68. The lowest BCUT2D eigenvalue weighted by molar-refractivity contribution is 0.153. The molecule has 0 spiro atoms. The van der Waals surface area contributed by atoms with E-state index < -0.39 is 6.09 Å². The molecule has 1 amide bonds. The first-order valence-corrected chi connectivity index (χ1v) is 4.60. The minimum atomic E-state index is -0.537. The number of nitrogens with zero attached hydrogens (tertiary/aromatic N) is 1. The molecule has 0 aromatic heterocycles. The molecule has 0 saturated carbocycles. The average molecular weight is 176 g/mol. The molecular weight excluding hydrogens is 164 g/mol. The molecule has 0 aliphatic carbocycles. The molecule has 11 heavy (non-hydrogen) atoms. The van der Waals surface area contributed by atoms with Gasteiger partial charge in [0.2, 0.25) is 0 Å². The fraction of sp³-hybridized carbons (Fsp3) is 0.667. The summed E-state index contributed by atoms with van der Waals surface area (Å²) in [6.07, 6.45) is 3.86. The smallest absolute Gasteiger partial charge is 0.323 e. The second kappa shape index (κ2) is 7.40. The third-order valence-electron chi connectivity index (χ3n) is 0.865. The molecule has 64 valence electrons. The lowest BCUT2D eigenvalue weighted by atomic mass is 10.5. The van der Waals surface area contributed by atoms with Gasteiger partial charge < -0.3 is 5.32 Å². The Kier molecular flexibility index (Phi) is 6.92. The molecule has 5 heteroatoms. The maximum atomic E-state index is 10.4. The van der Waals surface area contributed by atoms with Gasteiger partial charge in [0, 0.05) is 13.3 Å². The van der Waals surface area contributed by atoms with Crippen LogP contribution in [-0.2, 0) is 4.84 Å². The standard InChI is InChI=1S/C6H12N2O2S/c1-7-6(9)10-8-4-3-5-11-2/h4H,3,5H2,1-2H3,(H,7,9). The van der Waals surface area contributed by atoms with Gasteiger partial charge in [-0.2, -0.15) is 11.8 Å². The SMILES string of the molecule is CNC(=O)ON=CCCSC. The molecule has 0 heterocycles. The van der Waals surface area contributed by atoms with Crippen LogP contribution in [0.3, 0.4) is 0 Å². The number of carbonyl (C=O) groups is 1. The van der Waals surface area contributed by atoms with Crippen LogP contribution in [0.4, 0.5) is 4.79 Å². The van der Waals surface area contributed by atoms with Gasteiger partial charge in [-0.15, -0.1) is 0 Å². The Morgan fingerprint density at radius 3 is 3.09 bits per heavy atom. The number of nitrogens with one attached hydrogen (secondary N) is 1. The van der Waals surface area contributed by atoms with E-state index in [1.807, 2.05) is 6.26 Å². The van der Waals surface area contributed by atoms with Gasteiger partial charge in [0.25, 0.3) is 0 Å². The largest absolute Gasteiger partial charge is 0.433 e. The summed E-state index contributed by atoms with van der Waals surface area (Å²) in [4.78, 5) is 14.7. The lowest BCUT2D eigenvalue weighted by Gasteiger charge is -1.92. The van der Waals surface area contributed by atoms with Gasteiger partial charge in [0.05, 0.1) is 0 Å². The van der Waals surface area contributed by atoms with Gasteiger partial charge in [0.15, 0.2) is 0 Å². The fourth-order valence-corrected chi connectivity index (χ4v) is 0.695.